The number of hydrogen-bond donors (Lipinski definition) is 2. The van der Waals surface area contributed by atoms with E-state index in [0.717, 1.165) is 27.4 Å². The van der Waals surface area contributed by atoms with E-state index < -0.39 is 0 Å². The summed E-state index contributed by atoms with van der Waals surface area (Å²) in [6.45, 7) is 13.2. The second-order valence-corrected chi connectivity index (χ2v) is 7.43. The lowest BCUT2D eigenvalue weighted by molar-refractivity contribution is -0.699. The van der Waals surface area contributed by atoms with Crippen LogP contribution in [0.15, 0.2) is 0 Å². The van der Waals surface area contributed by atoms with E-state index in [9.17, 15) is 4.79 Å². The highest BCUT2D eigenvalue weighted by molar-refractivity contribution is 7.20. The quantitative estimate of drug-likeness (QED) is 0.749. The molecular formula is C17H27N4O2S+. The number of quaternary nitrogens is 1. The summed E-state index contributed by atoms with van der Waals surface area (Å²) in [5.41, 5.74) is 0.885. The summed E-state index contributed by atoms with van der Waals surface area (Å²) in [5, 5.41) is 6.50. The molecule has 2 aromatic rings. The molecule has 0 bridgehead atoms. The molecule has 0 amide bonds. The van der Waals surface area contributed by atoms with Crippen LogP contribution in [0.3, 0.4) is 0 Å². The van der Waals surface area contributed by atoms with Crippen molar-refractivity contribution in [2.75, 3.05) is 11.9 Å². The van der Waals surface area contributed by atoms with Crippen molar-refractivity contribution in [2.24, 2.45) is 0 Å². The van der Waals surface area contributed by atoms with E-state index >= 15 is 0 Å². The van der Waals surface area contributed by atoms with Gasteiger partial charge < -0.3 is 15.4 Å². The maximum Gasteiger partial charge on any atom is 0.348 e. The summed E-state index contributed by atoms with van der Waals surface area (Å²) < 4.78 is 5.17. The molecule has 0 atom stereocenters. The van der Waals surface area contributed by atoms with Crippen LogP contribution in [-0.4, -0.2) is 34.6 Å². The standard InChI is InChI=1S/C17H26N4O2S/c1-7-23-17(22)14-11(6)13-15(19-10(4)5)20-12(8-18-9(2)3)21-16(13)24-14/h9-10,18H,7-8H2,1-6H3,(H,19,20,21)/p+1. The number of nitrogens with zero attached hydrogens (tertiary/aromatic N) is 2. The highest BCUT2D eigenvalue weighted by Gasteiger charge is 2.22. The summed E-state index contributed by atoms with van der Waals surface area (Å²) >= 11 is 1.38. The number of fused-ring (bicyclic) bond motifs is 1. The van der Waals surface area contributed by atoms with Gasteiger partial charge in [-0.15, -0.1) is 11.3 Å². The molecule has 0 aliphatic carbocycles. The first-order valence-electron chi connectivity index (χ1n) is 8.40. The fourth-order valence-corrected chi connectivity index (χ4v) is 3.48. The van der Waals surface area contributed by atoms with Gasteiger partial charge >= 0.3 is 5.97 Å². The molecule has 0 aliphatic rings. The Morgan fingerprint density at radius 2 is 2.00 bits per heavy atom. The molecule has 0 radical (unpaired) electrons. The molecular weight excluding hydrogens is 324 g/mol. The zero-order valence-corrected chi connectivity index (χ0v) is 16.1. The molecule has 0 aromatic carbocycles. The minimum Gasteiger partial charge on any atom is -0.462 e. The number of nitrogens with one attached hydrogen (secondary N) is 1. The van der Waals surface area contributed by atoms with Crippen LogP contribution in [0.25, 0.3) is 10.2 Å². The summed E-state index contributed by atoms with van der Waals surface area (Å²) in [5.74, 6) is 1.28. The molecule has 6 nitrogen and oxygen atoms in total. The number of thiophene rings is 1. The van der Waals surface area contributed by atoms with E-state index in [1.807, 2.05) is 13.8 Å². The number of carbonyl (C=O) groups is 1. The van der Waals surface area contributed by atoms with E-state index in [4.69, 9.17) is 9.72 Å². The van der Waals surface area contributed by atoms with Crippen LogP contribution in [0, 0.1) is 6.92 Å². The zero-order chi connectivity index (χ0) is 17.9. The smallest absolute Gasteiger partial charge is 0.348 e. The van der Waals surface area contributed by atoms with E-state index in [1.165, 1.54) is 11.3 Å². The number of esters is 1. The minimum atomic E-state index is -0.288. The number of nitrogens with two attached hydrogens (primary N) is 1. The maximum atomic E-state index is 12.2. The van der Waals surface area contributed by atoms with Gasteiger partial charge in [0.15, 0.2) is 5.82 Å². The first-order valence-corrected chi connectivity index (χ1v) is 9.22. The Morgan fingerprint density at radius 3 is 2.58 bits per heavy atom. The van der Waals surface area contributed by atoms with Crippen molar-refractivity contribution in [3.63, 3.8) is 0 Å². The van der Waals surface area contributed by atoms with Gasteiger partial charge in [0.1, 0.15) is 22.1 Å². The molecule has 0 fully saturated rings. The number of rotatable bonds is 7. The van der Waals surface area contributed by atoms with Crippen molar-refractivity contribution in [1.29, 1.82) is 0 Å². The van der Waals surface area contributed by atoms with Gasteiger partial charge in [0, 0.05) is 6.04 Å². The minimum absolute atomic E-state index is 0.246. The maximum absolute atomic E-state index is 12.2. The molecule has 0 spiro atoms. The van der Waals surface area contributed by atoms with Crippen molar-refractivity contribution >= 4 is 33.3 Å². The van der Waals surface area contributed by atoms with Crippen molar-refractivity contribution < 1.29 is 14.8 Å². The summed E-state index contributed by atoms with van der Waals surface area (Å²) in [6.07, 6.45) is 0. The summed E-state index contributed by atoms with van der Waals surface area (Å²) in [6, 6.07) is 0.723. The Balaban J connectivity index is 2.52. The molecule has 2 aromatic heterocycles. The molecule has 0 aliphatic heterocycles. The molecule has 2 rings (SSSR count). The average molecular weight is 351 g/mol. The first kappa shape index (κ1) is 18.6. The number of carbonyl (C=O) groups excluding carboxylic acids is 1. The van der Waals surface area contributed by atoms with Crippen LogP contribution >= 0.6 is 11.3 Å². The molecule has 0 saturated carbocycles. The summed E-state index contributed by atoms with van der Waals surface area (Å²) in [7, 11) is 0. The number of aryl methyl sites for hydroxylation is 1. The van der Waals surface area contributed by atoms with Gasteiger partial charge in [-0.1, -0.05) is 0 Å². The molecule has 0 saturated heterocycles. The normalized spacial score (nSPS) is 11.5. The fraction of sp³-hybridized carbons (Fsp3) is 0.588. The van der Waals surface area contributed by atoms with Crippen molar-refractivity contribution in [3.05, 3.63) is 16.3 Å². The van der Waals surface area contributed by atoms with Crippen LogP contribution in [0.1, 0.15) is 55.7 Å². The van der Waals surface area contributed by atoms with E-state index in [2.05, 4.69) is 43.3 Å². The van der Waals surface area contributed by atoms with Gasteiger partial charge in [-0.3, -0.25) is 0 Å². The number of ether oxygens (including phenoxy) is 1. The van der Waals surface area contributed by atoms with Crippen LogP contribution in [0.5, 0.6) is 0 Å². The SMILES string of the molecule is CCOC(=O)c1sc2nc(C[NH2+]C(C)C)nc(NC(C)C)c2c1C. The van der Waals surface area contributed by atoms with Crippen molar-refractivity contribution in [2.45, 2.75) is 60.2 Å². The Kier molecular flexibility index (Phi) is 6.12. The monoisotopic (exact) mass is 351 g/mol. The van der Waals surface area contributed by atoms with Crippen LogP contribution in [-0.2, 0) is 11.3 Å². The second-order valence-electron chi connectivity index (χ2n) is 6.43. The third-order valence-corrected chi connectivity index (χ3v) is 4.66. The highest BCUT2D eigenvalue weighted by atomic mass is 32.1. The predicted octanol–water partition coefficient (Wildman–Crippen LogP) is 2.47. The van der Waals surface area contributed by atoms with Gasteiger partial charge in [-0.05, 0) is 47.1 Å². The topological polar surface area (TPSA) is 80.7 Å². The lowest BCUT2D eigenvalue weighted by Crippen LogP contribution is -2.87. The molecule has 2 heterocycles. The van der Waals surface area contributed by atoms with E-state index in [-0.39, 0.29) is 12.0 Å². The zero-order valence-electron chi connectivity index (χ0n) is 15.3. The van der Waals surface area contributed by atoms with Gasteiger partial charge in [-0.2, -0.15) is 0 Å². The Hall–Kier alpha value is -1.73. The van der Waals surface area contributed by atoms with Crippen LogP contribution in [0.4, 0.5) is 5.82 Å². The molecule has 7 heteroatoms. The number of hydrogen-bond acceptors (Lipinski definition) is 6. The van der Waals surface area contributed by atoms with E-state index in [1.54, 1.807) is 0 Å². The first-order chi connectivity index (χ1) is 11.3. The number of anilines is 1. The van der Waals surface area contributed by atoms with Gasteiger partial charge in [0.25, 0.3) is 0 Å². The van der Waals surface area contributed by atoms with Gasteiger partial charge in [-0.25, -0.2) is 14.8 Å². The fourth-order valence-electron chi connectivity index (χ4n) is 2.38. The molecule has 24 heavy (non-hydrogen) atoms. The Morgan fingerprint density at radius 1 is 1.29 bits per heavy atom. The van der Waals surface area contributed by atoms with E-state index in [0.29, 0.717) is 24.1 Å². The lowest BCUT2D eigenvalue weighted by atomic mass is 10.2. The largest absolute Gasteiger partial charge is 0.462 e. The van der Waals surface area contributed by atoms with Crippen molar-refractivity contribution in [1.82, 2.24) is 9.97 Å². The Labute approximate surface area is 147 Å². The average Bonchev–Trinajstić information content (AvgIpc) is 2.82. The van der Waals surface area contributed by atoms with Gasteiger partial charge in [0.05, 0.1) is 18.0 Å². The summed E-state index contributed by atoms with van der Waals surface area (Å²) in [4.78, 5) is 23.0. The molecule has 3 N–H and O–H groups in total. The highest BCUT2D eigenvalue weighted by Crippen LogP contribution is 2.34. The second kappa shape index (κ2) is 7.90. The number of aromatic nitrogens is 2. The third kappa shape index (κ3) is 4.21. The van der Waals surface area contributed by atoms with Crippen LogP contribution < -0.4 is 10.6 Å². The predicted molar refractivity (Wildman–Crippen MR) is 97.6 cm³/mol. The van der Waals surface area contributed by atoms with Crippen molar-refractivity contribution in [3.8, 4) is 0 Å². The lowest BCUT2D eigenvalue weighted by Gasteiger charge is -2.12. The van der Waals surface area contributed by atoms with Crippen LogP contribution in [0.2, 0.25) is 0 Å². The third-order valence-electron chi connectivity index (χ3n) is 3.49. The molecule has 132 valence electrons. The van der Waals surface area contributed by atoms with Gasteiger partial charge in [0.2, 0.25) is 0 Å². The Bertz CT molecular complexity index is 725. The molecule has 0 unspecified atom stereocenters.